The van der Waals surface area contributed by atoms with E-state index < -0.39 is 0 Å². The van der Waals surface area contributed by atoms with Crippen molar-refractivity contribution in [2.75, 3.05) is 7.11 Å². The minimum atomic E-state index is 0.223. The Morgan fingerprint density at radius 2 is 1.93 bits per heavy atom. The van der Waals surface area contributed by atoms with Gasteiger partial charge in [0.05, 0.1) is 7.11 Å². The van der Waals surface area contributed by atoms with E-state index in [0.29, 0.717) is 5.92 Å². The van der Waals surface area contributed by atoms with Crippen molar-refractivity contribution in [3.05, 3.63) is 29.8 Å². The van der Waals surface area contributed by atoms with Crippen LogP contribution >= 0.6 is 0 Å². The van der Waals surface area contributed by atoms with E-state index in [4.69, 9.17) is 10.5 Å². The molecule has 0 heterocycles. The van der Waals surface area contributed by atoms with Crippen LogP contribution in [0.1, 0.15) is 25.8 Å². The molecule has 0 amide bonds. The topological polar surface area (TPSA) is 35.2 Å². The predicted octanol–water partition coefficient (Wildman–Crippen LogP) is 2.61. The third-order valence-electron chi connectivity index (χ3n) is 2.45. The second-order valence-electron chi connectivity index (χ2n) is 4.41. The standard InChI is InChI=1S/C13H21NO/c1-10(2)8-12(14)9-11-6-4-5-7-13(11)15-3/h4-7,10,12H,8-9,14H2,1-3H3. The summed E-state index contributed by atoms with van der Waals surface area (Å²) in [6, 6.07) is 8.30. The van der Waals surface area contributed by atoms with Crippen LogP contribution in [-0.2, 0) is 6.42 Å². The van der Waals surface area contributed by atoms with Gasteiger partial charge in [0.25, 0.3) is 0 Å². The Balaban J connectivity index is 2.63. The Morgan fingerprint density at radius 1 is 1.27 bits per heavy atom. The van der Waals surface area contributed by atoms with Crippen LogP contribution in [0.25, 0.3) is 0 Å². The Labute approximate surface area is 92.4 Å². The van der Waals surface area contributed by atoms with Crippen LogP contribution in [0.15, 0.2) is 24.3 Å². The van der Waals surface area contributed by atoms with Gasteiger partial charge < -0.3 is 10.5 Å². The molecule has 0 bridgehead atoms. The van der Waals surface area contributed by atoms with Crippen molar-refractivity contribution in [1.29, 1.82) is 0 Å². The van der Waals surface area contributed by atoms with Gasteiger partial charge in [0.1, 0.15) is 5.75 Å². The van der Waals surface area contributed by atoms with Crippen molar-refractivity contribution in [1.82, 2.24) is 0 Å². The van der Waals surface area contributed by atoms with Crippen LogP contribution in [0.4, 0.5) is 0 Å². The lowest BCUT2D eigenvalue weighted by molar-refractivity contribution is 0.405. The van der Waals surface area contributed by atoms with Crippen molar-refractivity contribution >= 4 is 0 Å². The van der Waals surface area contributed by atoms with Gasteiger partial charge in [0.2, 0.25) is 0 Å². The zero-order valence-electron chi connectivity index (χ0n) is 9.86. The van der Waals surface area contributed by atoms with Crippen LogP contribution < -0.4 is 10.5 Å². The largest absolute Gasteiger partial charge is 0.496 e. The van der Waals surface area contributed by atoms with Crippen LogP contribution in [-0.4, -0.2) is 13.2 Å². The number of methoxy groups -OCH3 is 1. The summed E-state index contributed by atoms with van der Waals surface area (Å²) >= 11 is 0. The quantitative estimate of drug-likeness (QED) is 0.805. The van der Waals surface area contributed by atoms with Crippen molar-refractivity contribution < 1.29 is 4.74 Å². The molecule has 0 radical (unpaired) electrons. The van der Waals surface area contributed by atoms with E-state index in [2.05, 4.69) is 19.9 Å². The molecule has 0 saturated carbocycles. The van der Waals surface area contributed by atoms with Gasteiger partial charge in [0, 0.05) is 6.04 Å². The number of hydrogen-bond acceptors (Lipinski definition) is 2. The average molecular weight is 207 g/mol. The highest BCUT2D eigenvalue weighted by molar-refractivity contribution is 5.33. The highest BCUT2D eigenvalue weighted by Gasteiger charge is 2.09. The first-order valence-corrected chi connectivity index (χ1v) is 5.51. The lowest BCUT2D eigenvalue weighted by atomic mass is 9.98. The Morgan fingerprint density at radius 3 is 2.53 bits per heavy atom. The molecule has 0 saturated heterocycles. The molecule has 2 heteroatoms. The van der Waals surface area contributed by atoms with Crippen LogP contribution in [0.5, 0.6) is 5.75 Å². The lowest BCUT2D eigenvalue weighted by Gasteiger charge is -2.15. The number of nitrogens with two attached hydrogens (primary N) is 1. The van der Waals surface area contributed by atoms with Gasteiger partial charge in [-0.1, -0.05) is 32.0 Å². The summed E-state index contributed by atoms with van der Waals surface area (Å²) < 4.78 is 5.30. The van der Waals surface area contributed by atoms with E-state index in [1.54, 1.807) is 7.11 Å². The number of benzene rings is 1. The highest BCUT2D eigenvalue weighted by Crippen LogP contribution is 2.20. The summed E-state index contributed by atoms with van der Waals surface area (Å²) in [7, 11) is 1.70. The van der Waals surface area contributed by atoms with Crippen molar-refractivity contribution in [3.63, 3.8) is 0 Å². The summed E-state index contributed by atoms with van der Waals surface area (Å²) in [5.41, 5.74) is 7.28. The molecular formula is C13H21NO. The number of hydrogen-bond donors (Lipinski definition) is 1. The van der Waals surface area contributed by atoms with Crippen molar-refractivity contribution in [2.24, 2.45) is 11.7 Å². The van der Waals surface area contributed by atoms with Gasteiger partial charge in [-0.05, 0) is 30.4 Å². The first kappa shape index (κ1) is 12.1. The first-order valence-electron chi connectivity index (χ1n) is 5.51. The van der Waals surface area contributed by atoms with Crippen LogP contribution in [0.2, 0.25) is 0 Å². The smallest absolute Gasteiger partial charge is 0.122 e. The molecule has 1 aromatic carbocycles. The zero-order chi connectivity index (χ0) is 11.3. The van der Waals surface area contributed by atoms with E-state index in [9.17, 15) is 0 Å². The Hall–Kier alpha value is -1.02. The molecule has 0 aromatic heterocycles. The molecule has 2 N–H and O–H groups in total. The fraction of sp³-hybridized carbons (Fsp3) is 0.538. The fourth-order valence-corrected chi connectivity index (χ4v) is 1.84. The maximum absolute atomic E-state index is 6.07. The summed E-state index contributed by atoms with van der Waals surface area (Å²) in [5.74, 6) is 1.59. The number of para-hydroxylation sites is 1. The molecular weight excluding hydrogens is 186 g/mol. The molecule has 1 aromatic rings. The van der Waals surface area contributed by atoms with Gasteiger partial charge in [0.15, 0.2) is 0 Å². The normalized spacial score (nSPS) is 12.9. The lowest BCUT2D eigenvalue weighted by Crippen LogP contribution is -2.24. The SMILES string of the molecule is COc1ccccc1CC(N)CC(C)C. The summed E-state index contributed by atoms with van der Waals surface area (Å²) in [4.78, 5) is 0. The zero-order valence-corrected chi connectivity index (χ0v) is 9.86. The third kappa shape index (κ3) is 3.92. The molecule has 0 aliphatic rings. The third-order valence-corrected chi connectivity index (χ3v) is 2.45. The molecule has 84 valence electrons. The summed E-state index contributed by atoms with van der Waals surface area (Å²) in [5, 5.41) is 0. The molecule has 0 aliphatic carbocycles. The van der Waals surface area contributed by atoms with Gasteiger partial charge in [-0.25, -0.2) is 0 Å². The Bertz CT molecular complexity index is 296. The van der Waals surface area contributed by atoms with Gasteiger partial charge in [-0.15, -0.1) is 0 Å². The predicted molar refractivity (Wildman–Crippen MR) is 64.1 cm³/mol. The average Bonchev–Trinajstić information content (AvgIpc) is 2.17. The maximum atomic E-state index is 6.07. The molecule has 0 fully saturated rings. The van der Waals surface area contributed by atoms with Gasteiger partial charge >= 0.3 is 0 Å². The number of ether oxygens (including phenoxy) is 1. The highest BCUT2D eigenvalue weighted by atomic mass is 16.5. The fourth-order valence-electron chi connectivity index (χ4n) is 1.84. The number of rotatable bonds is 5. The summed E-state index contributed by atoms with van der Waals surface area (Å²) in [6.45, 7) is 4.39. The van der Waals surface area contributed by atoms with Crippen molar-refractivity contribution in [2.45, 2.75) is 32.7 Å². The van der Waals surface area contributed by atoms with E-state index in [1.165, 1.54) is 5.56 Å². The van der Waals surface area contributed by atoms with Gasteiger partial charge in [-0.3, -0.25) is 0 Å². The monoisotopic (exact) mass is 207 g/mol. The minimum absolute atomic E-state index is 0.223. The van der Waals surface area contributed by atoms with Crippen LogP contribution in [0, 0.1) is 5.92 Å². The molecule has 1 atom stereocenters. The second kappa shape index (κ2) is 5.76. The minimum Gasteiger partial charge on any atom is -0.496 e. The van der Waals surface area contributed by atoms with Crippen LogP contribution in [0.3, 0.4) is 0 Å². The van der Waals surface area contributed by atoms with Gasteiger partial charge in [-0.2, -0.15) is 0 Å². The first-order chi connectivity index (χ1) is 7.13. The van der Waals surface area contributed by atoms with E-state index in [0.717, 1.165) is 18.6 Å². The summed E-state index contributed by atoms with van der Waals surface area (Å²) in [6.07, 6.45) is 1.94. The molecule has 0 spiro atoms. The van der Waals surface area contributed by atoms with E-state index >= 15 is 0 Å². The van der Waals surface area contributed by atoms with E-state index in [1.807, 2.05) is 18.2 Å². The molecule has 1 rings (SSSR count). The van der Waals surface area contributed by atoms with E-state index in [-0.39, 0.29) is 6.04 Å². The molecule has 15 heavy (non-hydrogen) atoms. The molecule has 1 unspecified atom stereocenters. The molecule has 0 aliphatic heterocycles. The van der Waals surface area contributed by atoms with Crippen molar-refractivity contribution in [3.8, 4) is 5.75 Å². The molecule has 2 nitrogen and oxygen atoms in total. The maximum Gasteiger partial charge on any atom is 0.122 e. The Kier molecular flexibility index (Phi) is 4.63. The second-order valence-corrected chi connectivity index (χ2v) is 4.41.